The van der Waals surface area contributed by atoms with Crippen LogP contribution < -0.4 is 15.5 Å². The second kappa shape index (κ2) is 11.9. The van der Waals surface area contributed by atoms with Gasteiger partial charge in [0, 0.05) is 43.7 Å². The Labute approximate surface area is 259 Å². The van der Waals surface area contributed by atoms with Gasteiger partial charge in [0.25, 0.3) is 5.91 Å². The van der Waals surface area contributed by atoms with E-state index in [1.807, 2.05) is 23.0 Å². The minimum atomic E-state index is -4.65. The number of pyridine rings is 1. The summed E-state index contributed by atoms with van der Waals surface area (Å²) in [4.78, 5) is 33.9. The molecule has 1 saturated carbocycles. The lowest BCUT2D eigenvalue weighted by Gasteiger charge is -2.52. The van der Waals surface area contributed by atoms with Crippen molar-refractivity contribution in [1.29, 1.82) is 0 Å². The first-order valence-corrected chi connectivity index (χ1v) is 15.9. The van der Waals surface area contributed by atoms with Crippen LogP contribution >= 0.6 is 0 Å². The molecule has 1 aromatic carbocycles. The first-order valence-electron chi connectivity index (χ1n) is 15.9. The van der Waals surface area contributed by atoms with E-state index in [1.165, 1.54) is 12.1 Å². The predicted octanol–water partition coefficient (Wildman–Crippen LogP) is 4.48. The number of hydrogen-bond acceptors (Lipinski definition) is 7. The molecule has 3 aromatic rings. The monoisotopic (exact) mass is 625 g/mol. The van der Waals surface area contributed by atoms with Gasteiger partial charge in [0.05, 0.1) is 36.1 Å². The number of carbonyl (C=O) groups excluding carboxylic acids is 2. The third-order valence-electron chi connectivity index (χ3n) is 10.0. The number of amides is 2. The molecule has 3 saturated heterocycles. The SMILES string of the molecule is O=C(Nc1cc2cn(C3CC4(CCN(C(=O)C5CCNCC5)CC4)C3)nc2cc1N1CCOCC1)c1cccc(C(F)(F)F)n1. The molecular formula is C32H38F3N7O3. The molecule has 4 fully saturated rings. The zero-order valence-electron chi connectivity index (χ0n) is 25.1. The molecule has 0 radical (unpaired) electrons. The van der Waals surface area contributed by atoms with Crippen molar-refractivity contribution in [3.05, 3.63) is 47.9 Å². The zero-order valence-corrected chi connectivity index (χ0v) is 25.1. The summed E-state index contributed by atoms with van der Waals surface area (Å²) >= 11 is 0. The van der Waals surface area contributed by atoms with Gasteiger partial charge in [-0.1, -0.05) is 6.07 Å². The Hall–Kier alpha value is -3.71. The number of aromatic nitrogens is 3. The molecule has 3 aliphatic heterocycles. The van der Waals surface area contributed by atoms with Crippen LogP contribution in [0.2, 0.25) is 0 Å². The van der Waals surface area contributed by atoms with E-state index in [2.05, 4.69) is 25.4 Å². The first-order chi connectivity index (χ1) is 21.7. The molecule has 45 heavy (non-hydrogen) atoms. The fraction of sp³-hybridized carbons (Fsp3) is 0.562. The highest BCUT2D eigenvalue weighted by molar-refractivity contribution is 6.06. The van der Waals surface area contributed by atoms with Crippen LogP contribution in [0.15, 0.2) is 36.5 Å². The summed E-state index contributed by atoms with van der Waals surface area (Å²) in [5.74, 6) is -0.235. The van der Waals surface area contributed by atoms with E-state index >= 15 is 0 Å². The quantitative estimate of drug-likeness (QED) is 0.431. The van der Waals surface area contributed by atoms with Crippen molar-refractivity contribution in [1.82, 2.24) is 25.0 Å². The average molecular weight is 626 g/mol. The van der Waals surface area contributed by atoms with E-state index < -0.39 is 17.8 Å². The number of fused-ring (bicyclic) bond motifs is 1. The molecule has 2 N–H and O–H groups in total. The van der Waals surface area contributed by atoms with Gasteiger partial charge in [-0.25, -0.2) is 4.98 Å². The maximum absolute atomic E-state index is 13.2. The number of nitrogens with one attached hydrogen (secondary N) is 2. The van der Waals surface area contributed by atoms with Gasteiger partial charge in [-0.05, 0) is 81.3 Å². The van der Waals surface area contributed by atoms with Gasteiger partial charge in [0.2, 0.25) is 5.91 Å². The highest BCUT2D eigenvalue weighted by Gasteiger charge is 2.48. The Morgan fingerprint density at radius 3 is 2.47 bits per heavy atom. The maximum atomic E-state index is 13.2. The van der Waals surface area contributed by atoms with Crippen LogP contribution in [0.1, 0.15) is 60.7 Å². The topological polar surface area (TPSA) is 105 Å². The Kier molecular flexibility index (Phi) is 7.93. The highest BCUT2D eigenvalue weighted by Crippen LogP contribution is 2.55. The Morgan fingerprint density at radius 2 is 1.76 bits per heavy atom. The third kappa shape index (κ3) is 6.11. The summed E-state index contributed by atoms with van der Waals surface area (Å²) in [6.45, 7) is 5.76. The van der Waals surface area contributed by atoms with Crippen molar-refractivity contribution < 1.29 is 27.5 Å². The number of hydrogen-bond donors (Lipinski definition) is 2. The Morgan fingerprint density at radius 1 is 1.02 bits per heavy atom. The van der Waals surface area contributed by atoms with Crippen molar-refractivity contribution >= 4 is 34.1 Å². The normalized spacial score (nSPS) is 21.2. The van der Waals surface area contributed by atoms with Gasteiger partial charge in [0.1, 0.15) is 11.4 Å². The number of halogens is 3. The van der Waals surface area contributed by atoms with Crippen molar-refractivity contribution in [2.75, 3.05) is 62.7 Å². The summed E-state index contributed by atoms with van der Waals surface area (Å²) < 4.78 is 47.3. The van der Waals surface area contributed by atoms with Crippen LogP contribution in [0.4, 0.5) is 24.5 Å². The molecule has 4 aliphatic rings. The number of nitrogens with zero attached hydrogens (tertiary/aromatic N) is 5. The van der Waals surface area contributed by atoms with E-state index in [0.29, 0.717) is 37.9 Å². The zero-order chi connectivity index (χ0) is 31.2. The maximum Gasteiger partial charge on any atom is 0.433 e. The molecule has 2 amide bonds. The van der Waals surface area contributed by atoms with E-state index in [1.54, 1.807) is 0 Å². The molecule has 5 heterocycles. The third-order valence-corrected chi connectivity index (χ3v) is 10.0. The molecule has 0 bridgehead atoms. The van der Waals surface area contributed by atoms with E-state index in [-0.39, 0.29) is 23.1 Å². The molecule has 240 valence electrons. The van der Waals surface area contributed by atoms with Gasteiger partial charge >= 0.3 is 6.18 Å². The molecule has 13 heteroatoms. The average Bonchev–Trinajstić information content (AvgIpc) is 3.46. The standard InChI is InChI=1S/C32H38F3N7O3/c33-32(34,35)28-3-1-2-24(37-28)29(43)38-26-16-22-20-42(39-25(22)17-27(26)40-12-14-45-15-13-40)23-18-31(19-23)6-10-41(11-7-31)30(44)21-4-8-36-9-5-21/h1-3,16-17,20-21,23,36H,4-15,18-19H2,(H,38,43). The number of rotatable bonds is 5. The summed E-state index contributed by atoms with van der Waals surface area (Å²) in [5, 5.41) is 11.9. The fourth-order valence-corrected chi connectivity index (χ4v) is 7.40. The summed E-state index contributed by atoms with van der Waals surface area (Å²) in [7, 11) is 0. The number of carbonyl (C=O) groups is 2. The highest BCUT2D eigenvalue weighted by atomic mass is 19.4. The second-order valence-corrected chi connectivity index (χ2v) is 12.9. The predicted molar refractivity (Wildman–Crippen MR) is 162 cm³/mol. The second-order valence-electron chi connectivity index (χ2n) is 12.9. The van der Waals surface area contributed by atoms with E-state index in [9.17, 15) is 22.8 Å². The van der Waals surface area contributed by atoms with Crippen LogP contribution in [0.5, 0.6) is 0 Å². The summed E-state index contributed by atoms with van der Waals surface area (Å²) in [6, 6.07) is 7.33. The largest absolute Gasteiger partial charge is 0.433 e. The van der Waals surface area contributed by atoms with Crippen molar-refractivity contribution in [3.8, 4) is 0 Å². The molecule has 10 nitrogen and oxygen atoms in total. The van der Waals surface area contributed by atoms with Crippen molar-refractivity contribution in [2.45, 2.75) is 50.7 Å². The lowest BCUT2D eigenvalue weighted by molar-refractivity contribution is -0.141. The van der Waals surface area contributed by atoms with Crippen LogP contribution in [0.3, 0.4) is 0 Å². The molecule has 1 spiro atoms. The number of morpholine rings is 1. The number of benzene rings is 1. The smallest absolute Gasteiger partial charge is 0.378 e. The molecular weight excluding hydrogens is 587 g/mol. The van der Waals surface area contributed by atoms with Crippen molar-refractivity contribution in [2.24, 2.45) is 11.3 Å². The summed E-state index contributed by atoms with van der Waals surface area (Å²) in [6.07, 6.45) is 3.25. The molecule has 2 aromatic heterocycles. The molecule has 7 rings (SSSR count). The Bertz CT molecular complexity index is 1560. The lowest BCUT2D eigenvalue weighted by atomic mass is 9.60. The number of alkyl halides is 3. The van der Waals surface area contributed by atoms with E-state index in [4.69, 9.17) is 9.84 Å². The molecule has 1 aliphatic carbocycles. The van der Waals surface area contributed by atoms with Crippen LogP contribution in [0, 0.1) is 11.3 Å². The first kappa shape index (κ1) is 30.0. The van der Waals surface area contributed by atoms with Crippen LogP contribution in [-0.4, -0.2) is 84.0 Å². The molecule has 0 atom stereocenters. The lowest BCUT2D eigenvalue weighted by Crippen LogP contribution is -2.51. The van der Waals surface area contributed by atoms with Gasteiger partial charge in [-0.2, -0.15) is 18.3 Å². The minimum absolute atomic E-state index is 0.157. The minimum Gasteiger partial charge on any atom is -0.378 e. The fourth-order valence-electron chi connectivity index (χ4n) is 7.40. The van der Waals surface area contributed by atoms with E-state index in [0.717, 1.165) is 87.4 Å². The van der Waals surface area contributed by atoms with Crippen LogP contribution in [0.25, 0.3) is 10.9 Å². The van der Waals surface area contributed by atoms with Gasteiger partial charge in [-0.15, -0.1) is 0 Å². The summed E-state index contributed by atoms with van der Waals surface area (Å²) in [5.41, 5.74) is 0.838. The number of anilines is 2. The van der Waals surface area contributed by atoms with Gasteiger partial charge in [-0.3, -0.25) is 14.3 Å². The number of ether oxygens (including phenoxy) is 1. The van der Waals surface area contributed by atoms with Gasteiger partial charge in [0.15, 0.2) is 0 Å². The van der Waals surface area contributed by atoms with Crippen molar-refractivity contribution in [3.63, 3.8) is 0 Å². The van der Waals surface area contributed by atoms with Crippen LogP contribution in [-0.2, 0) is 15.7 Å². The number of piperidine rings is 2. The van der Waals surface area contributed by atoms with Gasteiger partial charge < -0.3 is 25.2 Å². The number of likely N-dealkylation sites (tertiary alicyclic amines) is 1. The Balaban J connectivity index is 1.07. The molecule has 0 unspecified atom stereocenters.